The molecule has 2 aromatic heterocycles. The van der Waals surface area contributed by atoms with E-state index in [0.29, 0.717) is 40.8 Å². The van der Waals surface area contributed by atoms with Crippen molar-refractivity contribution in [3.05, 3.63) is 82.1 Å². The number of pyridine rings is 1. The van der Waals surface area contributed by atoms with Crippen LogP contribution in [0.15, 0.2) is 60.8 Å². The molecule has 37 heavy (non-hydrogen) atoms. The molecule has 0 spiro atoms. The van der Waals surface area contributed by atoms with E-state index in [0.717, 1.165) is 52.9 Å². The summed E-state index contributed by atoms with van der Waals surface area (Å²) in [5.41, 5.74) is 2.65. The van der Waals surface area contributed by atoms with Crippen molar-refractivity contribution in [2.24, 2.45) is 0 Å². The minimum absolute atomic E-state index is 0.0658. The molecule has 0 radical (unpaired) electrons. The molecule has 2 fully saturated rings. The zero-order valence-electron chi connectivity index (χ0n) is 20.3. The summed E-state index contributed by atoms with van der Waals surface area (Å²) in [5, 5.41) is 5.67. The van der Waals surface area contributed by atoms with Gasteiger partial charge in [0.05, 0.1) is 21.0 Å². The van der Waals surface area contributed by atoms with Gasteiger partial charge in [-0.1, -0.05) is 41.9 Å². The highest BCUT2D eigenvalue weighted by molar-refractivity contribution is 7.15. The van der Waals surface area contributed by atoms with E-state index in [4.69, 9.17) is 16.6 Å². The number of piperidine rings is 1. The number of benzene rings is 2. The molecule has 8 heteroatoms. The monoisotopic (exact) mass is 530 g/mol. The lowest BCUT2D eigenvalue weighted by Crippen LogP contribution is -2.49. The van der Waals surface area contributed by atoms with E-state index in [1.54, 1.807) is 23.6 Å². The summed E-state index contributed by atoms with van der Waals surface area (Å²) in [6.07, 6.45) is 6.74. The molecule has 1 N–H and O–H groups in total. The fraction of sp³-hybridized carbons (Fsp3) is 0.310. The molecule has 3 heterocycles. The van der Waals surface area contributed by atoms with Crippen molar-refractivity contribution < 1.29 is 9.59 Å². The Bertz CT molecular complexity index is 1480. The summed E-state index contributed by atoms with van der Waals surface area (Å²) in [6, 6.07) is 16.9. The Morgan fingerprint density at radius 2 is 1.89 bits per heavy atom. The van der Waals surface area contributed by atoms with Gasteiger partial charge in [0, 0.05) is 41.7 Å². The van der Waals surface area contributed by atoms with Crippen LogP contribution in [0.5, 0.6) is 0 Å². The second kappa shape index (κ2) is 10.2. The molecule has 2 amide bonds. The average molecular weight is 531 g/mol. The number of nitrogens with zero attached hydrogens (tertiary/aromatic N) is 3. The number of hydrogen-bond donors (Lipinski definition) is 1. The van der Waals surface area contributed by atoms with Gasteiger partial charge in [0.1, 0.15) is 5.69 Å². The van der Waals surface area contributed by atoms with Gasteiger partial charge in [0.25, 0.3) is 11.8 Å². The van der Waals surface area contributed by atoms with Crippen LogP contribution in [-0.2, 0) is 0 Å². The molecule has 1 aliphatic heterocycles. The molecule has 4 aromatic rings. The Labute approximate surface area is 224 Å². The number of likely N-dealkylation sites (tertiary alicyclic amines) is 1. The van der Waals surface area contributed by atoms with Crippen LogP contribution in [0, 0.1) is 0 Å². The highest BCUT2D eigenvalue weighted by Gasteiger charge is 2.34. The molecular weight excluding hydrogens is 504 g/mol. The topological polar surface area (TPSA) is 75.2 Å². The quantitative estimate of drug-likeness (QED) is 0.317. The van der Waals surface area contributed by atoms with E-state index in [9.17, 15) is 9.59 Å². The van der Waals surface area contributed by atoms with Gasteiger partial charge in [0.2, 0.25) is 0 Å². The zero-order chi connectivity index (χ0) is 25.4. The maximum Gasteiger partial charge on any atom is 0.274 e. The van der Waals surface area contributed by atoms with Crippen molar-refractivity contribution in [2.45, 2.75) is 44.1 Å². The van der Waals surface area contributed by atoms with Crippen molar-refractivity contribution in [1.82, 2.24) is 20.2 Å². The first-order valence-electron chi connectivity index (χ1n) is 12.8. The Morgan fingerprint density at radius 3 is 2.73 bits per heavy atom. The number of hydrogen-bond acceptors (Lipinski definition) is 5. The smallest absolute Gasteiger partial charge is 0.274 e. The predicted octanol–water partition coefficient (Wildman–Crippen LogP) is 6.31. The number of halogens is 1. The normalized spacial score (nSPS) is 17.6. The van der Waals surface area contributed by atoms with Crippen molar-refractivity contribution >= 4 is 45.7 Å². The molecule has 6 nitrogen and oxygen atoms in total. The lowest BCUT2D eigenvalue weighted by Gasteiger charge is -2.35. The molecule has 1 aliphatic carbocycles. The Morgan fingerprint density at radius 1 is 1.05 bits per heavy atom. The van der Waals surface area contributed by atoms with Gasteiger partial charge in [-0.05, 0) is 61.9 Å². The lowest BCUT2D eigenvalue weighted by atomic mass is 10.0. The maximum atomic E-state index is 13.9. The Kier molecular flexibility index (Phi) is 6.65. The van der Waals surface area contributed by atoms with E-state index >= 15 is 0 Å². The van der Waals surface area contributed by atoms with E-state index in [-0.39, 0.29) is 17.9 Å². The highest BCUT2D eigenvalue weighted by Crippen LogP contribution is 2.45. The summed E-state index contributed by atoms with van der Waals surface area (Å²) >= 11 is 7.89. The van der Waals surface area contributed by atoms with Crippen LogP contribution in [0.2, 0.25) is 5.02 Å². The highest BCUT2D eigenvalue weighted by atomic mass is 35.5. The number of amides is 2. The number of para-hydroxylation sites is 1. The third-order valence-electron chi connectivity index (χ3n) is 7.12. The molecule has 1 saturated heterocycles. The van der Waals surface area contributed by atoms with Crippen molar-refractivity contribution in [3.63, 3.8) is 0 Å². The van der Waals surface area contributed by atoms with E-state index in [1.807, 2.05) is 53.4 Å². The summed E-state index contributed by atoms with van der Waals surface area (Å²) in [7, 11) is 0. The van der Waals surface area contributed by atoms with Gasteiger partial charge < -0.3 is 10.2 Å². The van der Waals surface area contributed by atoms with E-state index in [1.165, 1.54) is 0 Å². The first-order chi connectivity index (χ1) is 18.1. The second-order valence-electron chi connectivity index (χ2n) is 9.75. The predicted molar refractivity (Wildman–Crippen MR) is 147 cm³/mol. The third-order valence-corrected chi connectivity index (χ3v) is 8.63. The summed E-state index contributed by atoms with van der Waals surface area (Å²) < 4.78 is 0. The molecule has 6 rings (SSSR count). The molecule has 188 valence electrons. The fourth-order valence-electron chi connectivity index (χ4n) is 5.02. The standard InChI is InChI=1S/C29H27ClN4O2S/c30-21-9-3-7-20(16-21)26-25(33-28(37-26)19-12-13-19)29(36)34-15-2-1-10-22(34)17-32-27(35)23-11-4-6-18-8-5-14-31-24(18)23/h3-9,11,14,16,19,22H,1-2,10,12-13,15,17H2,(H,32,35)/t22-/m0/s1. The summed E-state index contributed by atoms with van der Waals surface area (Å²) in [4.78, 5) is 39.1. The van der Waals surface area contributed by atoms with Gasteiger partial charge in [0.15, 0.2) is 0 Å². The molecular formula is C29H27ClN4O2S. The number of rotatable bonds is 6. The van der Waals surface area contributed by atoms with Gasteiger partial charge in [-0.15, -0.1) is 11.3 Å². The van der Waals surface area contributed by atoms with Gasteiger partial charge in [-0.3, -0.25) is 14.6 Å². The minimum atomic E-state index is -0.174. The molecule has 0 unspecified atom stereocenters. The molecule has 1 atom stereocenters. The van der Waals surface area contributed by atoms with Crippen molar-refractivity contribution in [1.29, 1.82) is 0 Å². The van der Waals surface area contributed by atoms with Crippen LogP contribution >= 0.6 is 22.9 Å². The Balaban J connectivity index is 1.24. The minimum Gasteiger partial charge on any atom is -0.350 e. The van der Waals surface area contributed by atoms with Crippen LogP contribution in [0.1, 0.15) is 63.9 Å². The number of aromatic nitrogens is 2. The van der Waals surface area contributed by atoms with Gasteiger partial charge >= 0.3 is 0 Å². The number of thiazole rings is 1. The molecule has 1 saturated carbocycles. The third kappa shape index (κ3) is 4.98. The Hall–Kier alpha value is -3.29. The maximum absolute atomic E-state index is 13.9. The van der Waals surface area contributed by atoms with Crippen molar-refractivity contribution in [2.75, 3.05) is 13.1 Å². The molecule has 0 bridgehead atoms. The number of carbonyl (C=O) groups is 2. The van der Waals surface area contributed by atoms with E-state index < -0.39 is 0 Å². The van der Waals surface area contributed by atoms with Crippen LogP contribution in [-0.4, -0.2) is 45.8 Å². The molecule has 2 aromatic carbocycles. The zero-order valence-corrected chi connectivity index (χ0v) is 21.9. The largest absolute Gasteiger partial charge is 0.350 e. The SMILES string of the molecule is O=C(NC[C@@H]1CCCCN1C(=O)c1nc(C2CC2)sc1-c1cccc(Cl)c1)c1cccc2cccnc12. The lowest BCUT2D eigenvalue weighted by molar-refractivity contribution is 0.0598. The van der Waals surface area contributed by atoms with Crippen LogP contribution in [0.25, 0.3) is 21.3 Å². The second-order valence-corrected chi connectivity index (χ2v) is 11.2. The number of fused-ring (bicyclic) bond motifs is 1. The summed E-state index contributed by atoms with van der Waals surface area (Å²) in [6.45, 7) is 1.04. The van der Waals surface area contributed by atoms with E-state index in [2.05, 4.69) is 10.3 Å². The number of carbonyl (C=O) groups excluding carboxylic acids is 2. The van der Waals surface area contributed by atoms with Gasteiger partial charge in [-0.2, -0.15) is 0 Å². The first kappa shape index (κ1) is 24.1. The molecule has 2 aliphatic rings. The first-order valence-corrected chi connectivity index (χ1v) is 14.0. The van der Waals surface area contributed by atoms with Crippen LogP contribution in [0.3, 0.4) is 0 Å². The van der Waals surface area contributed by atoms with Gasteiger partial charge in [-0.25, -0.2) is 4.98 Å². The fourth-order valence-corrected chi connectivity index (χ4v) is 6.43. The van der Waals surface area contributed by atoms with Crippen LogP contribution in [0.4, 0.5) is 0 Å². The average Bonchev–Trinajstić information content (AvgIpc) is 3.69. The van der Waals surface area contributed by atoms with Crippen molar-refractivity contribution in [3.8, 4) is 10.4 Å². The number of nitrogens with one attached hydrogen (secondary N) is 1. The van der Waals surface area contributed by atoms with Crippen LogP contribution < -0.4 is 5.32 Å². The summed E-state index contributed by atoms with van der Waals surface area (Å²) in [5.74, 6) is 0.214.